The highest BCUT2D eigenvalue weighted by Crippen LogP contribution is 2.32. The summed E-state index contributed by atoms with van der Waals surface area (Å²) >= 11 is 1.54. The molecular formula is C15H14N4S. The number of aromatic nitrogens is 3. The van der Waals surface area contributed by atoms with Crippen LogP contribution in [0.4, 0.5) is 5.69 Å². The van der Waals surface area contributed by atoms with E-state index in [0.29, 0.717) is 5.69 Å². The number of nitrogens with two attached hydrogens (primary N) is 1. The maximum Gasteiger partial charge on any atom is 0.192 e. The minimum Gasteiger partial charge on any atom is -0.397 e. The van der Waals surface area contributed by atoms with Crippen LogP contribution in [0.5, 0.6) is 0 Å². The Bertz CT molecular complexity index is 766. The topological polar surface area (TPSA) is 64.7 Å². The lowest BCUT2D eigenvalue weighted by molar-refractivity contribution is 0.902. The van der Waals surface area contributed by atoms with Crippen molar-refractivity contribution in [3.8, 4) is 0 Å². The lowest BCUT2D eigenvalue weighted by Gasteiger charge is -2.07. The highest BCUT2D eigenvalue weighted by molar-refractivity contribution is 7.99. The first-order chi connectivity index (χ1) is 9.63. The summed E-state index contributed by atoms with van der Waals surface area (Å²) in [5.74, 6) is 0. The number of para-hydroxylation sites is 1. The van der Waals surface area contributed by atoms with Crippen molar-refractivity contribution in [1.82, 2.24) is 15.0 Å². The monoisotopic (exact) mass is 282 g/mol. The molecular weight excluding hydrogens is 268 g/mol. The van der Waals surface area contributed by atoms with E-state index in [1.807, 2.05) is 44.2 Å². The summed E-state index contributed by atoms with van der Waals surface area (Å²) in [7, 11) is 0. The number of nitrogen functional groups attached to an aromatic ring is 1. The fourth-order valence-corrected chi connectivity index (χ4v) is 3.08. The van der Waals surface area contributed by atoms with Crippen LogP contribution in [0.15, 0.2) is 46.6 Å². The Kier molecular flexibility index (Phi) is 3.28. The molecule has 0 radical (unpaired) electrons. The molecule has 1 aromatic carbocycles. The Balaban J connectivity index is 2.09. The molecule has 0 aliphatic rings. The third-order valence-corrected chi connectivity index (χ3v) is 3.87. The van der Waals surface area contributed by atoms with E-state index in [9.17, 15) is 0 Å². The van der Waals surface area contributed by atoms with E-state index in [2.05, 4.69) is 15.0 Å². The molecule has 5 heteroatoms. The van der Waals surface area contributed by atoms with Crippen LogP contribution in [0.25, 0.3) is 10.9 Å². The molecule has 0 unspecified atom stereocenters. The van der Waals surface area contributed by atoms with Crippen molar-refractivity contribution in [2.45, 2.75) is 23.9 Å². The van der Waals surface area contributed by atoms with Crippen LogP contribution in [0.3, 0.4) is 0 Å². The summed E-state index contributed by atoms with van der Waals surface area (Å²) in [6.07, 6.45) is 1.77. The number of hydrogen-bond donors (Lipinski definition) is 1. The SMILES string of the molecule is Cc1cc(C)nc(Sc2ccnc3c(N)cccc23)n1. The zero-order chi connectivity index (χ0) is 14.1. The standard InChI is InChI=1S/C15H14N4S/c1-9-8-10(2)19-15(18-9)20-13-6-7-17-14-11(13)4-3-5-12(14)16/h3-8H,16H2,1-2H3. The lowest BCUT2D eigenvalue weighted by atomic mass is 10.2. The van der Waals surface area contributed by atoms with Gasteiger partial charge in [-0.2, -0.15) is 0 Å². The van der Waals surface area contributed by atoms with Gasteiger partial charge in [0.2, 0.25) is 0 Å². The molecule has 0 saturated heterocycles. The molecule has 0 saturated carbocycles. The van der Waals surface area contributed by atoms with Gasteiger partial charge in [0.15, 0.2) is 5.16 Å². The smallest absolute Gasteiger partial charge is 0.192 e. The van der Waals surface area contributed by atoms with Crippen molar-refractivity contribution >= 4 is 28.4 Å². The maximum absolute atomic E-state index is 5.96. The summed E-state index contributed by atoms with van der Waals surface area (Å²) in [4.78, 5) is 14.3. The van der Waals surface area contributed by atoms with Gasteiger partial charge in [-0.1, -0.05) is 12.1 Å². The Morgan fingerprint density at radius 1 is 1.05 bits per heavy atom. The normalized spacial score (nSPS) is 10.9. The second-order valence-corrected chi connectivity index (χ2v) is 5.60. The van der Waals surface area contributed by atoms with Crippen molar-refractivity contribution in [2.24, 2.45) is 0 Å². The first-order valence-electron chi connectivity index (χ1n) is 6.27. The fourth-order valence-electron chi connectivity index (χ4n) is 2.10. The molecule has 100 valence electrons. The zero-order valence-corrected chi connectivity index (χ0v) is 12.1. The molecule has 0 aliphatic carbocycles. The Labute approximate surface area is 121 Å². The second kappa shape index (κ2) is 5.09. The van der Waals surface area contributed by atoms with E-state index >= 15 is 0 Å². The van der Waals surface area contributed by atoms with E-state index in [4.69, 9.17) is 5.73 Å². The molecule has 0 atom stereocenters. The van der Waals surface area contributed by atoms with E-state index in [0.717, 1.165) is 32.3 Å². The zero-order valence-electron chi connectivity index (χ0n) is 11.3. The molecule has 3 aromatic rings. The summed E-state index contributed by atoms with van der Waals surface area (Å²) in [5.41, 5.74) is 9.41. The third-order valence-electron chi connectivity index (χ3n) is 2.93. The summed E-state index contributed by atoms with van der Waals surface area (Å²) in [5, 5.41) is 1.78. The van der Waals surface area contributed by atoms with Gasteiger partial charge in [-0.25, -0.2) is 9.97 Å². The number of hydrogen-bond acceptors (Lipinski definition) is 5. The summed E-state index contributed by atoms with van der Waals surface area (Å²) in [6.45, 7) is 3.95. The minimum atomic E-state index is 0.686. The Morgan fingerprint density at radius 2 is 1.80 bits per heavy atom. The van der Waals surface area contributed by atoms with Gasteiger partial charge < -0.3 is 5.73 Å². The van der Waals surface area contributed by atoms with Crippen LogP contribution >= 0.6 is 11.8 Å². The van der Waals surface area contributed by atoms with Crippen LogP contribution in [0.1, 0.15) is 11.4 Å². The van der Waals surface area contributed by atoms with Crippen LogP contribution in [-0.4, -0.2) is 15.0 Å². The Morgan fingerprint density at radius 3 is 2.55 bits per heavy atom. The second-order valence-electron chi connectivity index (χ2n) is 4.59. The molecule has 2 aromatic heterocycles. The van der Waals surface area contributed by atoms with Gasteiger partial charge in [0, 0.05) is 27.9 Å². The van der Waals surface area contributed by atoms with E-state index < -0.39 is 0 Å². The van der Waals surface area contributed by atoms with Crippen molar-refractivity contribution in [2.75, 3.05) is 5.73 Å². The highest BCUT2D eigenvalue weighted by Gasteiger charge is 2.08. The number of nitrogens with zero attached hydrogens (tertiary/aromatic N) is 3. The number of aryl methyl sites for hydroxylation is 2. The number of benzene rings is 1. The number of pyridine rings is 1. The van der Waals surface area contributed by atoms with Gasteiger partial charge in [-0.05, 0) is 43.8 Å². The fraction of sp³-hybridized carbons (Fsp3) is 0.133. The van der Waals surface area contributed by atoms with Crippen molar-refractivity contribution < 1.29 is 0 Å². The molecule has 2 N–H and O–H groups in total. The van der Waals surface area contributed by atoms with Gasteiger partial charge in [0.05, 0.1) is 11.2 Å². The van der Waals surface area contributed by atoms with E-state index in [1.165, 1.54) is 11.8 Å². The predicted octanol–water partition coefficient (Wildman–Crippen LogP) is 3.38. The first-order valence-corrected chi connectivity index (χ1v) is 7.08. The molecule has 4 nitrogen and oxygen atoms in total. The van der Waals surface area contributed by atoms with Crippen molar-refractivity contribution in [3.05, 3.63) is 47.9 Å². The van der Waals surface area contributed by atoms with Crippen molar-refractivity contribution in [1.29, 1.82) is 0 Å². The summed E-state index contributed by atoms with van der Waals surface area (Å²) in [6, 6.07) is 9.74. The first kappa shape index (κ1) is 12.9. The maximum atomic E-state index is 5.96. The van der Waals surface area contributed by atoms with Gasteiger partial charge in [0.25, 0.3) is 0 Å². The molecule has 0 spiro atoms. The van der Waals surface area contributed by atoms with Crippen LogP contribution in [0, 0.1) is 13.8 Å². The van der Waals surface area contributed by atoms with Gasteiger partial charge >= 0.3 is 0 Å². The minimum absolute atomic E-state index is 0.686. The molecule has 2 heterocycles. The van der Waals surface area contributed by atoms with E-state index in [1.54, 1.807) is 6.20 Å². The lowest BCUT2D eigenvalue weighted by Crippen LogP contribution is -1.94. The summed E-state index contributed by atoms with van der Waals surface area (Å²) < 4.78 is 0. The quantitative estimate of drug-likeness (QED) is 0.576. The molecule has 0 fully saturated rings. The average molecular weight is 282 g/mol. The molecule has 0 amide bonds. The number of anilines is 1. The van der Waals surface area contributed by atoms with E-state index in [-0.39, 0.29) is 0 Å². The van der Waals surface area contributed by atoms with Gasteiger partial charge in [-0.3, -0.25) is 4.98 Å². The van der Waals surface area contributed by atoms with Gasteiger partial charge in [-0.15, -0.1) is 0 Å². The number of fused-ring (bicyclic) bond motifs is 1. The largest absolute Gasteiger partial charge is 0.397 e. The van der Waals surface area contributed by atoms with Crippen LogP contribution in [0.2, 0.25) is 0 Å². The van der Waals surface area contributed by atoms with Crippen LogP contribution < -0.4 is 5.73 Å². The highest BCUT2D eigenvalue weighted by atomic mass is 32.2. The average Bonchev–Trinajstić information content (AvgIpc) is 2.39. The Hall–Kier alpha value is -2.14. The predicted molar refractivity (Wildman–Crippen MR) is 81.8 cm³/mol. The van der Waals surface area contributed by atoms with Crippen molar-refractivity contribution in [3.63, 3.8) is 0 Å². The molecule has 0 bridgehead atoms. The van der Waals surface area contributed by atoms with Gasteiger partial charge in [0.1, 0.15) is 0 Å². The molecule has 20 heavy (non-hydrogen) atoms. The number of rotatable bonds is 2. The molecule has 0 aliphatic heterocycles. The van der Waals surface area contributed by atoms with Crippen LogP contribution in [-0.2, 0) is 0 Å². The molecule has 3 rings (SSSR count). The third kappa shape index (κ3) is 2.44.